The molecule has 8 heteroatoms. The number of likely N-dealkylation sites (tertiary alicyclic amines) is 1. The van der Waals surface area contributed by atoms with Gasteiger partial charge in [0.25, 0.3) is 5.56 Å². The molecule has 0 bridgehead atoms. The third-order valence-corrected chi connectivity index (χ3v) is 5.79. The molecule has 140 valence electrons. The van der Waals surface area contributed by atoms with E-state index in [0.717, 1.165) is 49.3 Å². The van der Waals surface area contributed by atoms with Gasteiger partial charge in [0.1, 0.15) is 0 Å². The lowest BCUT2D eigenvalue weighted by Crippen LogP contribution is -2.36. The Morgan fingerprint density at radius 3 is 2.69 bits per heavy atom. The molecule has 1 unspecified atom stereocenters. The zero-order valence-electron chi connectivity index (χ0n) is 15.9. The molecule has 1 N–H and O–H groups in total. The van der Waals surface area contributed by atoms with E-state index in [0.29, 0.717) is 11.2 Å². The van der Waals surface area contributed by atoms with Crippen molar-refractivity contribution < 1.29 is 0 Å². The van der Waals surface area contributed by atoms with E-state index in [4.69, 9.17) is 0 Å². The number of hydrogen-bond acceptors (Lipinski definition) is 4. The molecule has 1 fully saturated rings. The Bertz CT molecular complexity index is 1100. The molecule has 3 aromatic rings. The highest BCUT2D eigenvalue weighted by atomic mass is 16.2. The molecule has 0 radical (unpaired) electrons. The van der Waals surface area contributed by atoms with Crippen molar-refractivity contribution in [1.29, 1.82) is 0 Å². The smallest absolute Gasteiger partial charge is 0.313 e. The van der Waals surface area contributed by atoms with Gasteiger partial charge in [-0.1, -0.05) is 6.92 Å². The Labute approximate surface area is 151 Å². The van der Waals surface area contributed by atoms with Gasteiger partial charge < -0.3 is 9.47 Å². The Morgan fingerprint density at radius 1 is 1.19 bits per heavy atom. The van der Waals surface area contributed by atoms with Crippen LogP contribution in [0.5, 0.6) is 0 Å². The molecule has 1 atom stereocenters. The fourth-order valence-electron chi connectivity index (χ4n) is 4.18. The summed E-state index contributed by atoms with van der Waals surface area (Å²) in [6.07, 6.45) is 2.57. The van der Waals surface area contributed by atoms with E-state index in [1.165, 1.54) is 17.4 Å². The number of aromatic amines is 1. The minimum Gasteiger partial charge on any atom is -0.313 e. The van der Waals surface area contributed by atoms with E-state index in [1.54, 1.807) is 7.05 Å². The minimum atomic E-state index is -0.438. The van der Waals surface area contributed by atoms with Gasteiger partial charge in [0.2, 0.25) is 5.78 Å². The van der Waals surface area contributed by atoms with E-state index in [9.17, 15) is 9.59 Å². The predicted molar refractivity (Wildman–Crippen MR) is 101 cm³/mol. The lowest BCUT2D eigenvalue weighted by Gasteiger charge is -2.30. The fourth-order valence-corrected chi connectivity index (χ4v) is 4.18. The molecule has 8 nitrogen and oxygen atoms in total. The standard InChI is InChI=1S/C18H26N6O2/c1-11-6-5-7-22(10-11)8-9-23-12(2)13(3)24-14-15(19-17(23)24)21(4)18(26)20-16(14)25/h11H,5-10H2,1-4H3,(H,20,25,26). The summed E-state index contributed by atoms with van der Waals surface area (Å²) in [6.45, 7) is 10.4. The SMILES string of the molecule is Cc1c(C)n2c3c(=O)[nH]c(=O)n(C)c3nc2n1CCN1CCCC(C)C1. The predicted octanol–water partition coefficient (Wildman–Crippen LogP) is 1.02. The van der Waals surface area contributed by atoms with Gasteiger partial charge in [-0.05, 0) is 39.2 Å². The lowest BCUT2D eigenvalue weighted by molar-refractivity contribution is 0.178. The van der Waals surface area contributed by atoms with Crippen LogP contribution in [0.25, 0.3) is 16.9 Å². The number of fused-ring (bicyclic) bond motifs is 3. The first-order valence-corrected chi connectivity index (χ1v) is 9.28. The van der Waals surface area contributed by atoms with E-state index in [1.807, 2.05) is 11.3 Å². The number of aryl methyl sites for hydroxylation is 2. The number of hydrogen-bond donors (Lipinski definition) is 1. The van der Waals surface area contributed by atoms with Crippen LogP contribution in [0.4, 0.5) is 0 Å². The number of H-pyrrole nitrogens is 1. The second-order valence-electron chi connectivity index (χ2n) is 7.61. The molecule has 1 aliphatic rings. The summed E-state index contributed by atoms with van der Waals surface area (Å²) in [5.41, 5.74) is 2.13. The molecular formula is C18H26N6O2. The Kier molecular flexibility index (Phi) is 4.02. The summed E-state index contributed by atoms with van der Waals surface area (Å²) in [4.78, 5) is 33.8. The highest BCUT2D eigenvalue weighted by molar-refractivity contribution is 5.76. The van der Waals surface area contributed by atoms with Crippen molar-refractivity contribution in [3.63, 3.8) is 0 Å². The number of nitrogens with zero attached hydrogens (tertiary/aromatic N) is 5. The molecule has 1 aliphatic heterocycles. The first-order chi connectivity index (χ1) is 12.4. The third kappa shape index (κ3) is 2.51. The van der Waals surface area contributed by atoms with Gasteiger partial charge in [-0.3, -0.25) is 18.7 Å². The number of nitrogens with one attached hydrogen (secondary N) is 1. The van der Waals surface area contributed by atoms with Gasteiger partial charge in [0.05, 0.1) is 0 Å². The van der Waals surface area contributed by atoms with Crippen molar-refractivity contribution in [3.05, 3.63) is 32.2 Å². The molecule has 1 saturated heterocycles. The van der Waals surface area contributed by atoms with Crippen LogP contribution in [0.1, 0.15) is 31.2 Å². The molecule has 26 heavy (non-hydrogen) atoms. The van der Waals surface area contributed by atoms with Gasteiger partial charge in [-0.15, -0.1) is 0 Å². The zero-order chi connectivity index (χ0) is 18.6. The van der Waals surface area contributed by atoms with Crippen molar-refractivity contribution in [3.8, 4) is 0 Å². The van der Waals surface area contributed by atoms with Gasteiger partial charge in [-0.25, -0.2) is 4.79 Å². The molecule has 0 aromatic carbocycles. The number of piperidine rings is 1. The Morgan fingerprint density at radius 2 is 1.96 bits per heavy atom. The fraction of sp³-hybridized carbons (Fsp3) is 0.611. The Hall–Kier alpha value is -2.35. The second-order valence-corrected chi connectivity index (χ2v) is 7.61. The van der Waals surface area contributed by atoms with Crippen LogP contribution in [-0.2, 0) is 13.6 Å². The van der Waals surface area contributed by atoms with Crippen LogP contribution in [-0.4, -0.2) is 48.0 Å². The first-order valence-electron chi connectivity index (χ1n) is 9.28. The van der Waals surface area contributed by atoms with Crippen LogP contribution >= 0.6 is 0 Å². The van der Waals surface area contributed by atoms with Crippen LogP contribution in [0, 0.1) is 19.8 Å². The van der Waals surface area contributed by atoms with Gasteiger partial charge >= 0.3 is 5.69 Å². The largest absolute Gasteiger partial charge is 0.329 e. The molecule has 0 saturated carbocycles. The second kappa shape index (κ2) is 6.12. The topological polar surface area (TPSA) is 80.3 Å². The maximum absolute atomic E-state index is 12.4. The molecule has 4 heterocycles. The third-order valence-electron chi connectivity index (χ3n) is 5.79. The number of imidazole rings is 2. The van der Waals surface area contributed by atoms with E-state index >= 15 is 0 Å². The van der Waals surface area contributed by atoms with Gasteiger partial charge in [0.15, 0.2) is 11.2 Å². The molecule has 3 aromatic heterocycles. The normalized spacial score (nSPS) is 19.0. The number of rotatable bonds is 3. The summed E-state index contributed by atoms with van der Waals surface area (Å²) in [7, 11) is 1.63. The van der Waals surface area contributed by atoms with Crippen LogP contribution in [0.15, 0.2) is 9.59 Å². The van der Waals surface area contributed by atoms with E-state index in [-0.39, 0.29) is 5.56 Å². The highest BCUT2D eigenvalue weighted by Crippen LogP contribution is 2.21. The average Bonchev–Trinajstić information content (AvgIpc) is 3.09. The highest BCUT2D eigenvalue weighted by Gasteiger charge is 2.21. The summed E-state index contributed by atoms with van der Waals surface area (Å²) in [5, 5.41) is 0. The zero-order valence-corrected chi connectivity index (χ0v) is 15.9. The minimum absolute atomic E-state index is 0.388. The molecule has 4 rings (SSSR count). The van der Waals surface area contributed by atoms with Crippen molar-refractivity contribution in [2.75, 3.05) is 19.6 Å². The summed E-state index contributed by atoms with van der Waals surface area (Å²) < 4.78 is 5.44. The van der Waals surface area contributed by atoms with E-state index in [2.05, 4.69) is 33.3 Å². The van der Waals surface area contributed by atoms with E-state index < -0.39 is 5.69 Å². The summed E-state index contributed by atoms with van der Waals surface area (Å²) >= 11 is 0. The van der Waals surface area contributed by atoms with Crippen LogP contribution < -0.4 is 11.2 Å². The maximum Gasteiger partial charge on any atom is 0.329 e. The maximum atomic E-state index is 12.4. The van der Waals surface area contributed by atoms with Gasteiger partial charge in [-0.2, -0.15) is 4.98 Å². The lowest BCUT2D eigenvalue weighted by atomic mass is 10.0. The average molecular weight is 358 g/mol. The molecule has 0 amide bonds. The van der Waals surface area contributed by atoms with Gasteiger partial charge in [0, 0.05) is 38.1 Å². The molecule has 0 spiro atoms. The monoisotopic (exact) mass is 358 g/mol. The first kappa shape index (κ1) is 17.1. The van der Waals surface area contributed by atoms with Crippen molar-refractivity contribution in [2.24, 2.45) is 13.0 Å². The quantitative estimate of drug-likeness (QED) is 0.758. The summed E-state index contributed by atoms with van der Waals surface area (Å²) in [6, 6.07) is 0. The van der Waals surface area contributed by atoms with Crippen molar-refractivity contribution >= 4 is 16.9 Å². The molecular weight excluding hydrogens is 332 g/mol. The van der Waals surface area contributed by atoms with Crippen LogP contribution in [0.2, 0.25) is 0 Å². The Balaban J connectivity index is 1.80. The molecule has 0 aliphatic carbocycles. The van der Waals surface area contributed by atoms with Crippen LogP contribution in [0.3, 0.4) is 0 Å². The number of aromatic nitrogens is 5. The van der Waals surface area contributed by atoms with Crippen molar-refractivity contribution in [1.82, 2.24) is 28.4 Å². The summed E-state index contributed by atoms with van der Waals surface area (Å²) in [5.74, 6) is 1.48. The van der Waals surface area contributed by atoms with Crippen molar-refractivity contribution in [2.45, 2.75) is 40.2 Å².